The third-order valence-electron chi connectivity index (χ3n) is 2.28. The minimum atomic E-state index is -2.61. The van der Waals surface area contributed by atoms with E-state index >= 15 is 0 Å². The number of alkyl halides is 2. The van der Waals surface area contributed by atoms with Gasteiger partial charge in [-0.3, -0.25) is 4.79 Å². The summed E-state index contributed by atoms with van der Waals surface area (Å²) in [6.07, 6.45) is -6.09. The normalized spacial score (nSPS) is 14.6. The van der Waals surface area contributed by atoms with E-state index in [0.29, 0.717) is 0 Å². The predicted octanol–water partition coefficient (Wildman–Crippen LogP) is 1.49. The van der Waals surface area contributed by atoms with E-state index in [9.17, 15) is 23.8 Å². The lowest BCUT2D eigenvalue weighted by Crippen LogP contribution is -2.21. The Balaban J connectivity index is 2.75. The highest BCUT2D eigenvalue weighted by Gasteiger charge is 2.21. The molecule has 0 fully saturated rings. The summed E-state index contributed by atoms with van der Waals surface area (Å²) in [4.78, 5) is 10.3. The summed E-state index contributed by atoms with van der Waals surface area (Å²) in [6.45, 7) is 0. The molecule has 0 aromatic heterocycles. The van der Waals surface area contributed by atoms with Crippen molar-refractivity contribution in [1.29, 1.82) is 0 Å². The van der Waals surface area contributed by atoms with Crippen molar-refractivity contribution in [2.75, 3.05) is 0 Å². The molecule has 1 aromatic carbocycles. The van der Waals surface area contributed by atoms with Crippen LogP contribution in [-0.2, 0) is 4.79 Å². The number of hydrogen-bond acceptors (Lipinski definition) is 3. The summed E-state index contributed by atoms with van der Waals surface area (Å²) in [6, 6.07) is 4.71. The van der Waals surface area contributed by atoms with E-state index in [1.165, 1.54) is 12.1 Å². The zero-order chi connectivity index (χ0) is 13.0. The highest BCUT2D eigenvalue weighted by molar-refractivity contribution is 5.67. The van der Waals surface area contributed by atoms with Gasteiger partial charge in [-0.1, -0.05) is 24.3 Å². The molecule has 0 bridgehead atoms. The first-order valence-corrected chi connectivity index (χ1v) is 4.87. The summed E-state index contributed by atoms with van der Waals surface area (Å²) in [5.41, 5.74) is -0.00294. The van der Waals surface area contributed by atoms with Crippen LogP contribution in [0.15, 0.2) is 24.3 Å². The number of halogens is 2. The smallest absolute Gasteiger partial charge is 0.306 e. The fourth-order valence-electron chi connectivity index (χ4n) is 1.35. The first-order valence-electron chi connectivity index (χ1n) is 4.87. The maximum absolute atomic E-state index is 12.2. The van der Waals surface area contributed by atoms with Crippen molar-refractivity contribution in [3.8, 4) is 0 Å². The third kappa shape index (κ3) is 3.76. The van der Waals surface area contributed by atoms with Gasteiger partial charge < -0.3 is 15.3 Å². The molecule has 0 aliphatic carbocycles. The van der Waals surface area contributed by atoms with Crippen molar-refractivity contribution in [3.63, 3.8) is 0 Å². The van der Waals surface area contributed by atoms with Gasteiger partial charge in [0.05, 0.1) is 12.5 Å². The van der Waals surface area contributed by atoms with E-state index in [0.717, 1.165) is 12.1 Å². The van der Waals surface area contributed by atoms with Crippen LogP contribution in [0.3, 0.4) is 0 Å². The van der Waals surface area contributed by atoms with Gasteiger partial charge >= 0.3 is 5.97 Å². The van der Waals surface area contributed by atoms with Gasteiger partial charge in [0, 0.05) is 5.56 Å². The molecule has 6 heteroatoms. The summed E-state index contributed by atoms with van der Waals surface area (Å²) >= 11 is 0. The molecular formula is C11H12F2O4. The molecule has 0 aliphatic rings. The van der Waals surface area contributed by atoms with E-state index in [4.69, 9.17) is 5.11 Å². The Labute approximate surface area is 96.1 Å². The van der Waals surface area contributed by atoms with Gasteiger partial charge in [0.2, 0.25) is 0 Å². The summed E-state index contributed by atoms with van der Waals surface area (Å²) in [5.74, 6) is -1.25. The topological polar surface area (TPSA) is 77.8 Å². The summed E-state index contributed by atoms with van der Waals surface area (Å²) < 4.78 is 24.5. The van der Waals surface area contributed by atoms with E-state index < -0.39 is 31.0 Å². The molecule has 2 atom stereocenters. The van der Waals surface area contributed by atoms with Crippen molar-refractivity contribution in [1.82, 2.24) is 0 Å². The minimum Gasteiger partial charge on any atom is -0.481 e. The molecule has 0 radical (unpaired) electrons. The average molecular weight is 246 g/mol. The number of aliphatic hydroxyl groups is 2. The van der Waals surface area contributed by atoms with Gasteiger partial charge in [-0.05, 0) is 5.56 Å². The zero-order valence-corrected chi connectivity index (χ0v) is 8.75. The predicted molar refractivity (Wildman–Crippen MR) is 54.6 cm³/mol. The maximum Gasteiger partial charge on any atom is 0.306 e. The Morgan fingerprint density at radius 2 is 1.59 bits per heavy atom. The molecule has 4 nitrogen and oxygen atoms in total. The van der Waals surface area contributed by atoms with Crippen LogP contribution in [-0.4, -0.2) is 27.4 Å². The van der Waals surface area contributed by atoms with Crippen LogP contribution in [0.1, 0.15) is 30.1 Å². The lowest BCUT2D eigenvalue weighted by molar-refractivity contribution is -0.141. The fraction of sp³-hybridized carbons (Fsp3) is 0.364. The average Bonchev–Trinajstić information content (AvgIpc) is 2.27. The number of carboxylic acid groups (broad SMARTS) is 1. The van der Waals surface area contributed by atoms with Crippen LogP contribution >= 0.6 is 0 Å². The lowest BCUT2D eigenvalue weighted by atomic mass is 10.0. The molecule has 0 saturated carbocycles. The Morgan fingerprint density at radius 1 is 1.12 bits per heavy atom. The van der Waals surface area contributed by atoms with Gasteiger partial charge in [-0.2, -0.15) is 0 Å². The molecule has 0 heterocycles. The number of carbonyl (C=O) groups is 1. The number of aliphatic carboxylic acids is 1. The number of carboxylic acids is 1. The van der Waals surface area contributed by atoms with E-state index in [-0.39, 0.29) is 11.1 Å². The van der Waals surface area contributed by atoms with Crippen molar-refractivity contribution in [2.45, 2.75) is 25.1 Å². The number of aliphatic hydroxyl groups excluding tert-OH is 2. The fourth-order valence-corrected chi connectivity index (χ4v) is 1.35. The molecule has 0 amide bonds. The second-order valence-electron chi connectivity index (χ2n) is 3.58. The quantitative estimate of drug-likeness (QED) is 0.735. The van der Waals surface area contributed by atoms with Gasteiger partial charge in [0.15, 0.2) is 0 Å². The van der Waals surface area contributed by atoms with Gasteiger partial charge in [-0.25, -0.2) is 8.78 Å². The van der Waals surface area contributed by atoms with Gasteiger partial charge in [0.1, 0.15) is 6.10 Å². The van der Waals surface area contributed by atoms with Gasteiger partial charge in [0.25, 0.3) is 6.43 Å². The SMILES string of the molecule is O=C(O)CC(O)C(O)c1ccc(C(F)F)cc1. The zero-order valence-electron chi connectivity index (χ0n) is 8.75. The first kappa shape index (κ1) is 13.5. The molecule has 2 unspecified atom stereocenters. The first-order chi connectivity index (χ1) is 7.91. The number of hydrogen-bond donors (Lipinski definition) is 3. The van der Waals surface area contributed by atoms with E-state index in [2.05, 4.69) is 0 Å². The third-order valence-corrected chi connectivity index (χ3v) is 2.28. The minimum absolute atomic E-state index is 0.197. The molecule has 0 spiro atoms. The largest absolute Gasteiger partial charge is 0.481 e. The summed E-state index contributed by atoms with van der Waals surface area (Å²) in [5, 5.41) is 27.3. The van der Waals surface area contributed by atoms with Crippen LogP contribution in [0.4, 0.5) is 8.78 Å². The molecule has 3 N–H and O–H groups in total. The Kier molecular flexibility index (Phi) is 4.53. The van der Waals surface area contributed by atoms with Crippen molar-refractivity contribution >= 4 is 5.97 Å². The van der Waals surface area contributed by atoms with Gasteiger partial charge in [-0.15, -0.1) is 0 Å². The monoisotopic (exact) mass is 246 g/mol. The van der Waals surface area contributed by atoms with E-state index in [1.807, 2.05) is 0 Å². The molecule has 17 heavy (non-hydrogen) atoms. The second-order valence-corrected chi connectivity index (χ2v) is 3.58. The van der Waals surface area contributed by atoms with Crippen LogP contribution in [0, 0.1) is 0 Å². The van der Waals surface area contributed by atoms with Crippen molar-refractivity contribution in [3.05, 3.63) is 35.4 Å². The highest BCUT2D eigenvalue weighted by atomic mass is 19.3. The Bertz CT molecular complexity index is 378. The van der Waals surface area contributed by atoms with Crippen molar-refractivity contribution in [2.24, 2.45) is 0 Å². The molecular weight excluding hydrogens is 234 g/mol. The van der Waals surface area contributed by atoms with Crippen LogP contribution in [0.5, 0.6) is 0 Å². The molecule has 1 aromatic rings. The molecule has 94 valence electrons. The lowest BCUT2D eigenvalue weighted by Gasteiger charge is -2.16. The maximum atomic E-state index is 12.2. The highest BCUT2D eigenvalue weighted by Crippen LogP contribution is 2.23. The Morgan fingerprint density at radius 3 is 2.00 bits per heavy atom. The van der Waals surface area contributed by atoms with Crippen LogP contribution in [0.25, 0.3) is 0 Å². The van der Waals surface area contributed by atoms with Crippen molar-refractivity contribution < 1.29 is 28.9 Å². The summed E-state index contributed by atoms with van der Waals surface area (Å²) in [7, 11) is 0. The number of rotatable bonds is 5. The Hall–Kier alpha value is -1.53. The van der Waals surface area contributed by atoms with E-state index in [1.54, 1.807) is 0 Å². The number of benzene rings is 1. The standard InChI is InChI=1S/C11H12F2O4/c12-11(13)7-3-1-6(2-4-7)10(17)8(14)5-9(15)16/h1-4,8,10-11,14,17H,5H2,(H,15,16). The molecule has 0 saturated heterocycles. The van der Waals surface area contributed by atoms with Crippen LogP contribution in [0.2, 0.25) is 0 Å². The molecule has 1 rings (SSSR count). The molecule has 0 aliphatic heterocycles. The van der Waals surface area contributed by atoms with Crippen LogP contribution < -0.4 is 0 Å². The second kappa shape index (κ2) is 5.70.